The SMILES string of the molecule is CCOC(=O)CN(CC(C)C)C(=O)Cc1ccc(N)cc1.Cl. The number of benzene rings is 1. The highest BCUT2D eigenvalue weighted by atomic mass is 35.5. The molecule has 0 aliphatic carbocycles. The van der Waals surface area contributed by atoms with Crippen LogP contribution in [0.25, 0.3) is 0 Å². The Bertz CT molecular complexity index is 475. The first-order chi connectivity index (χ1) is 9.92. The maximum atomic E-state index is 12.4. The van der Waals surface area contributed by atoms with E-state index in [9.17, 15) is 9.59 Å². The number of nitrogens with two attached hydrogens (primary N) is 1. The molecule has 0 radical (unpaired) electrons. The van der Waals surface area contributed by atoms with Crippen LogP contribution in [0.4, 0.5) is 5.69 Å². The van der Waals surface area contributed by atoms with Crippen molar-refractivity contribution in [1.82, 2.24) is 4.90 Å². The van der Waals surface area contributed by atoms with Gasteiger partial charge in [-0.2, -0.15) is 0 Å². The van der Waals surface area contributed by atoms with Crippen LogP contribution in [0.5, 0.6) is 0 Å². The maximum absolute atomic E-state index is 12.4. The van der Waals surface area contributed by atoms with Gasteiger partial charge in [0.05, 0.1) is 13.0 Å². The number of carbonyl (C=O) groups excluding carboxylic acids is 2. The molecule has 0 heterocycles. The smallest absolute Gasteiger partial charge is 0.325 e. The van der Waals surface area contributed by atoms with Gasteiger partial charge in [-0.25, -0.2) is 0 Å². The molecule has 0 bridgehead atoms. The van der Waals surface area contributed by atoms with Crippen molar-refractivity contribution in [3.63, 3.8) is 0 Å². The Balaban J connectivity index is 0.00000441. The van der Waals surface area contributed by atoms with Crippen LogP contribution in [-0.4, -0.2) is 36.5 Å². The predicted molar refractivity (Wildman–Crippen MR) is 89.9 cm³/mol. The van der Waals surface area contributed by atoms with Crippen LogP contribution in [0.2, 0.25) is 0 Å². The van der Waals surface area contributed by atoms with E-state index in [1.54, 1.807) is 24.0 Å². The van der Waals surface area contributed by atoms with Gasteiger partial charge in [-0.1, -0.05) is 26.0 Å². The van der Waals surface area contributed by atoms with E-state index in [0.29, 0.717) is 18.8 Å². The molecule has 1 amide bonds. The highest BCUT2D eigenvalue weighted by molar-refractivity contribution is 5.85. The quantitative estimate of drug-likeness (QED) is 0.615. The number of esters is 1. The molecule has 0 saturated heterocycles. The molecule has 1 aromatic carbocycles. The van der Waals surface area contributed by atoms with Gasteiger partial charge in [0.1, 0.15) is 6.54 Å². The topological polar surface area (TPSA) is 72.6 Å². The van der Waals surface area contributed by atoms with Gasteiger partial charge in [-0.05, 0) is 30.5 Å². The highest BCUT2D eigenvalue weighted by Gasteiger charge is 2.19. The molecule has 22 heavy (non-hydrogen) atoms. The lowest BCUT2D eigenvalue weighted by atomic mass is 10.1. The van der Waals surface area contributed by atoms with Crippen molar-refractivity contribution in [3.8, 4) is 0 Å². The number of nitrogen functional groups attached to an aromatic ring is 1. The molecule has 1 rings (SSSR count). The van der Waals surface area contributed by atoms with Crippen LogP contribution in [0.15, 0.2) is 24.3 Å². The molecule has 0 spiro atoms. The summed E-state index contributed by atoms with van der Waals surface area (Å²) in [6.07, 6.45) is 0.256. The second-order valence-corrected chi connectivity index (χ2v) is 5.39. The molecule has 124 valence electrons. The number of halogens is 1. The Kier molecular flexibility index (Phi) is 9.26. The molecule has 0 unspecified atom stereocenters. The molecule has 1 aromatic rings. The molecule has 6 heteroatoms. The van der Waals surface area contributed by atoms with Crippen molar-refractivity contribution < 1.29 is 14.3 Å². The van der Waals surface area contributed by atoms with E-state index in [4.69, 9.17) is 10.5 Å². The molecular formula is C16H25ClN2O3. The minimum absolute atomic E-state index is 0. The Labute approximate surface area is 138 Å². The van der Waals surface area contributed by atoms with Gasteiger partial charge < -0.3 is 15.4 Å². The Morgan fingerprint density at radius 2 is 1.82 bits per heavy atom. The molecule has 5 nitrogen and oxygen atoms in total. The lowest BCUT2D eigenvalue weighted by Crippen LogP contribution is -2.39. The number of hydrogen-bond donors (Lipinski definition) is 1. The van der Waals surface area contributed by atoms with Crippen LogP contribution in [-0.2, 0) is 20.7 Å². The van der Waals surface area contributed by atoms with Gasteiger partial charge in [-0.3, -0.25) is 9.59 Å². The van der Waals surface area contributed by atoms with Gasteiger partial charge in [0, 0.05) is 12.2 Å². The number of amides is 1. The van der Waals surface area contributed by atoms with E-state index in [1.165, 1.54) is 0 Å². The van der Waals surface area contributed by atoms with Crippen molar-refractivity contribution in [2.45, 2.75) is 27.2 Å². The normalized spacial score (nSPS) is 10.0. The molecule has 0 saturated carbocycles. The third-order valence-corrected chi connectivity index (χ3v) is 2.90. The van der Waals surface area contributed by atoms with Crippen molar-refractivity contribution in [3.05, 3.63) is 29.8 Å². The van der Waals surface area contributed by atoms with E-state index in [1.807, 2.05) is 26.0 Å². The maximum Gasteiger partial charge on any atom is 0.325 e. The Hall–Kier alpha value is -1.75. The number of nitrogens with zero attached hydrogens (tertiary/aromatic N) is 1. The summed E-state index contributed by atoms with van der Waals surface area (Å²) >= 11 is 0. The summed E-state index contributed by atoms with van der Waals surface area (Å²) in [6, 6.07) is 7.18. The van der Waals surface area contributed by atoms with Gasteiger partial charge in [0.2, 0.25) is 5.91 Å². The van der Waals surface area contributed by atoms with E-state index in [-0.39, 0.29) is 43.2 Å². The van der Waals surface area contributed by atoms with E-state index >= 15 is 0 Å². The second kappa shape index (κ2) is 10.1. The Morgan fingerprint density at radius 1 is 1.23 bits per heavy atom. The molecule has 0 aliphatic rings. The standard InChI is InChI=1S/C16H24N2O3.ClH/c1-4-21-16(20)11-18(10-12(2)3)15(19)9-13-5-7-14(17)8-6-13;/h5-8,12H,4,9-11,17H2,1-3H3;1H. The predicted octanol–water partition coefficient (Wildman–Crippen LogP) is 2.28. The first-order valence-electron chi connectivity index (χ1n) is 7.20. The zero-order valence-corrected chi connectivity index (χ0v) is 14.2. The molecule has 0 aliphatic heterocycles. The largest absolute Gasteiger partial charge is 0.465 e. The van der Waals surface area contributed by atoms with Crippen LogP contribution in [0, 0.1) is 5.92 Å². The number of carbonyl (C=O) groups is 2. The lowest BCUT2D eigenvalue weighted by Gasteiger charge is -2.23. The first-order valence-corrected chi connectivity index (χ1v) is 7.20. The summed E-state index contributed by atoms with van der Waals surface area (Å²) in [6.45, 7) is 6.62. The summed E-state index contributed by atoms with van der Waals surface area (Å²) in [5, 5.41) is 0. The number of ether oxygens (including phenoxy) is 1. The average molecular weight is 329 g/mol. The average Bonchev–Trinajstić information content (AvgIpc) is 2.40. The van der Waals surface area contributed by atoms with Crippen molar-refractivity contribution >= 4 is 30.0 Å². The minimum Gasteiger partial charge on any atom is -0.465 e. The lowest BCUT2D eigenvalue weighted by molar-refractivity contribution is -0.149. The van der Waals surface area contributed by atoms with E-state index in [2.05, 4.69) is 0 Å². The van der Waals surface area contributed by atoms with Crippen LogP contribution >= 0.6 is 12.4 Å². The molecule has 0 fully saturated rings. The van der Waals surface area contributed by atoms with Crippen LogP contribution in [0.3, 0.4) is 0 Å². The summed E-state index contributed by atoms with van der Waals surface area (Å²) in [7, 11) is 0. The van der Waals surface area contributed by atoms with E-state index in [0.717, 1.165) is 5.56 Å². The molecule has 0 aromatic heterocycles. The Morgan fingerprint density at radius 3 is 2.32 bits per heavy atom. The van der Waals surface area contributed by atoms with Crippen molar-refractivity contribution in [1.29, 1.82) is 0 Å². The van der Waals surface area contributed by atoms with Gasteiger partial charge >= 0.3 is 5.97 Å². The third kappa shape index (κ3) is 7.31. The summed E-state index contributed by atoms with van der Waals surface area (Å²) in [4.78, 5) is 25.5. The summed E-state index contributed by atoms with van der Waals surface area (Å²) in [5.41, 5.74) is 7.17. The number of hydrogen-bond acceptors (Lipinski definition) is 4. The zero-order valence-electron chi connectivity index (χ0n) is 13.4. The van der Waals surface area contributed by atoms with Crippen molar-refractivity contribution in [2.75, 3.05) is 25.4 Å². The second-order valence-electron chi connectivity index (χ2n) is 5.39. The fourth-order valence-corrected chi connectivity index (χ4v) is 1.98. The van der Waals surface area contributed by atoms with Crippen molar-refractivity contribution in [2.24, 2.45) is 5.92 Å². The number of anilines is 1. The first kappa shape index (κ1) is 20.2. The van der Waals surface area contributed by atoms with Crippen LogP contribution < -0.4 is 5.73 Å². The minimum atomic E-state index is -0.371. The fourth-order valence-electron chi connectivity index (χ4n) is 1.98. The monoisotopic (exact) mass is 328 g/mol. The third-order valence-electron chi connectivity index (χ3n) is 2.90. The molecule has 2 N–H and O–H groups in total. The van der Waals surface area contributed by atoms with E-state index < -0.39 is 0 Å². The van der Waals surface area contributed by atoms with Gasteiger partial charge in [-0.15, -0.1) is 12.4 Å². The zero-order chi connectivity index (χ0) is 15.8. The summed E-state index contributed by atoms with van der Waals surface area (Å²) in [5.74, 6) is -0.167. The number of rotatable bonds is 7. The van der Waals surface area contributed by atoms with Gasteiger partial charge in [0.15, 0.2) is 0 Å². The summed E-state index contributed by atoms with van der Waals surface area (Å²) < 4.78 is 4.92. The highest BCUT2D eigenvalue weighted by Crippen LogP contribution is 2.09. The molecular weight excluding hydrogens is 304 g/mol. The fraction of sp³-hybridized carbons (Fsp3) is 0.500. The van der Waals surface area contributed by atoms with Gasteiger partial charge in [0.25, 0.3) is 0 Å². The van der Waals surface area contributed by atoms with Crippen LogP contribution in [0.1, 0.15) is 26.3 Å². The molecule has 0 atom stereocenters.